The number of nitrogens with two attached hydrogens (primary N) is 2. The summed E-state index contributed by atoms with van der Waals surface area (Å²) in [6.07, 6.45) is -3.00. The van der Waals surface area contributed by atoms with Gasteiger partial charge in [-0.05, 0) is 12.5 Å². The molecule has 18 heavy (non-hydrogen) atoms. The van der Waals surface area contributed by atoms with Crippen molar-refractivity contribution < 1.29 is 18.0 Å². The van der Waals surface area contributed by atoms with Crippen LogP contribution < -0.4 is 16.8 Å². The predicted octanol–water partition coefficient (Wildman–Crippen LogP) is 1.36. The fourth-order valence-corrected chi connectivity index (χ4v) is 1.26. The second kappa shape index (κ2) is 5.56. The summed E-state index contributed by atoms with van der Waals surface area (Å²) in [6, 6.07) is 0.833. The van der Waals surface area contributed by atoms with Crippen molar-refractivity contribution in [3.8, 4) is 0 Å². The zero-order valence-corrected chi connectivity index (χ0v) is 9.42. The highest BCUT2D eigenvalue weighted by molar-refractivity contribution is 5.73. The summed E-state index contributed by atoms with van der Waals surface area (Å²) < 4.78 is 37.2. The number of rotatable bonds is 5. The van der Waals surface area contributed by atoms with Crippen LogP contribution in [0.3, 0.4) is 0 Å². The molecule has 0 unspecified atom stereocenters. The molecule has 0 bridgehead atoms. The maximum Gasteiger partial charge on any atom is 0.433 e. The Morgan fingerprint density at radius 2 is 2.11 bits per heavy atom. The van der Waals surface area contributed by atoms with Gasteiger partial charge in [-0.2, -0.15) is 13.2 Å². The van der Waals surface area contributed by atoms with Crippen LogP contribution in [0.5, 0.6) is 0 Å². The Hall–Kier alpha value is -1.99. The molecule has 0 saturated carbocycles. The summed E-state index contributed by atoms with van der Waals surface area (Å²) in [5.41, 5.74) is 9.66. The van der Waals surface area contributed by atoms with Gasteiger partial charge < -0.3 is 16.8 Å². The van der Waals surface area contributed by atoms with Crippen molar-refractivity contribution in [3.05, 3.63) is 18.0 Å². The number of carbonyl (C=O) groups excluding carboxylic acids is 1. The Labute approximate surface area is 101 Å². The van der Waals surface area contributed by atoms with E-state index < -0.39 is 17.8 Å². The van der Waals surface area contributed by atoms with E-state index in [1.165, 1.54) is 0 Å². The SMILES string of the molecule is NC(=O)CCCNc1cc(C(F)(F)F)ncc1N. The number of anilines is 2. The summed E-state index contributed by atoms with van der Waals surface area (Å²) in [6.45, 7) is 0.300. The van der Waals surface area contributed by atoms with Gasteiger partial charge in [-0.25, -0.2) is 4.98 Å². The number of primary amides is 1. The molecule has 0 saturated heterocycles. The highest BCUT2D eigenvalue weighted by Gasteiger charge is 2.32. The summed E-state index contributed by atoms with van der Waals surface area (Å²) in [4.78, 5) is 13.7. The van der Waals surface area contributed by atoms with E-state index in [0.717, 1.165) is 12.3 Å². The Morgan fingerprint density at radius 3 is 2.67 bits per heavy atom. The Morgan fingerprint density at radius 1 is 1.44 bits per heavy atom. The van der Waals surface area contributed by atoms with Crippen molar-refractivity contribution in [1.82, 2.24) is 4.98 Å². The van der Waals surface area contributed by atoms with Crippen LogP contribution in [-0.4, -0.2) is 17.4 Å². The van der Waals surface area contributed by atoms with Gasteiger partial charge in [-0.1, -0.05) is 0 Å². The molecule has 0 radical (unpaired) electrons. The third-order valence-electron chi connectivity index (χ3n) is 2.14. The van der Waals surface area contributed by atoms with Crippen LogP contribution in [0.1, 0.15) is 18.5 Å². The number of amides is 1. The third kappa shape index (κ3) is 4.11. The molecule has 0 fully saturated rings. The summed E-state index contributed by atoms with van der Waals surface area (Å²) in [7, 11) is 0. The Balaban J connectivity index is 2.67. The third-order valence-corrected chi connectivity index (χ3v) is 2.14. The van der Waals surface area contributed by atoms with Crippen LogP contribution in [0, 0.1) is 0 Å². The van der Waals surface area contributed by atoms with Gasteiger partial charge in [0, 0.05) is 13.0 Å². The highest BCUT2D eigenvalue weighted by atomic mass is 19.4. The molecule has 5 nitrogen and oxygen atoms in total. The van der Waals surface area contributed by atoms with Gasteiger partial charge in [0.05, 0.1) is 17.6 Å². The fraction of sp³-hybridized carbons (Fsp3) is 0.400. The van der Waals surface area contributed by atoms with Crippen molar-refractivity contribution in [2.45, 2.75) is 19.0 Å². The largest absolute Gasteiger partial charge is 0.433 e. The molecule has 1 aromatic heterocycles. The van der Waals surface area contributed by atoms with Crippen molar-refractivity contribution in [3.63, 3.8) is 0 Å². The van der Waals surface area contributed by atoms with Crippen molar-refractivity contribution >= 4 is 17.3 Å². The number of hydrogen-bond acceptors (Lipinski definition) is 4. The smallest absolute Gasteiger partial charge is 0.396 e. The number of nitrogens with one attached hydrogen (secondary N) is 1. The van der Waals surface area contributed by atoms with Crippen LogP contribution in [0.15, 0.2) is 12.3 Å². The molecule has 0 aliphatic heterocycles. The number of hydrogen-bond donors (Lipinski definition) is 3. The van der Waals surface area contributed by atoms with E-state index in [-0.39, 0.29) is 17.8 Å². The van der Waals surface area contributed by atoms with Gasteiger partial charge in [0.2, 0.25) is 5.91 Å². The van der Waals surface area contributed by atoms with Gasteiger partial charge in [-0.15, -0.1) is 0 Å². The second-order valence-electron chi connectivity index (χ2n) is 3.65. The number of alkyl halides is 3. The minimum atomic E-state index is -4.52. The molecule has 0 atom stereocenters. The molecule has 0 aliphatic rings. The standard InChI is InChI=1S/C10H13F3N4O/c11-10(12,13)8-4-7(6(14)5-17-8)16-3-1-2-9(15)18/h4-5H,1-3,14H2,(H2,15,18)(H,16,17). The first-order chi connectivity index (χ1) is 8.30. The summed E-state index contributed by atoms with van der Waals surface area (Å²) in [5.74, 6) is -0.463. The molecule has 0 aromatic carbocycles. The normalized spacial score (nSPS) is 11.3. The van der Waals surface area contributed by atoms with Crippen LogP contribution in [0.25, 0.3) is 0 Å². The topological polar surface area (TPSA) is 94.0 Å². The lowest BCUT2D eigenvalue weighted by molar-refractivity contribution is -0.141. The monoisotopic (exact) mass is 262 g/mol. The lowest BCUT2D eigenvalue weighted by Gasteiger charge is -2.11. The first-order valence-corrected chi connectivity index (χ1v) is 5.15. The highest BCUT2D eigenvalue weighted by Crippen LogP contribution is 2.30. The molecule has 1 aromatic rings. The summed E-state index contributed by atoms with van der Waals surface area (Å²) in [5, 5.41) is 2.71. The molecule has 1 heterocycles. The molecule has 0 aliphatic carbocycles. The average molecular weight is 262 g/mol. The van der Waals surface area contributed by atoms with E-state index in [1.807, 2.05) is 0 Å². The number of aromatic nitrogens is 1. The zero-order chi connectivity index (χ0) is 13.8. The van der Waals surface area contributed by atoms with E-state index >= 15 is 0 Å². The number of pyridine rings is 1. The van der Waals surface area contributed by atoms with Crippen LogP contribution in [0.4, 0.5) is 24.5 Å². The quantitative estimate of drug-likeness (QED) is 0.698. The van der Waals surface area contributed by atoms with Crippen molar-refractivity contribution in [2.75, 3.05) is 17.6 Å². The lowest BCUT2D eigenvalue weighted by atomic mass is 10.2. The summed E-state index contributed by atoms with van der Waals surface area (Å²) >= 11 is 0. The second-order valence-corrected chi connectivity index (χ2v) is 3.65. The van der Waals surface area contributed by atoms with Gasteiger partial charge >= 0.3 is 6.18 Å². The molecular formula is C10H13F3N4O. The molecule has 0 spiro atoms. The van der Waals surface area contributed by atoms with Gasteiger partial charge in [0.15, 0.2) is 0 Å². The maximum atomic E-state index is 12.4. The van der Waals surface area contributed by atoms with E-state index in [2.05, 4.69) is 10.3 Å². The van der Waals surface area contributed by atoms with Crippen LogP contribution in [-0.2, 0) is 11.0 Å². The minimum Gasteiger partial charge on any atom is -0.396 e. The molecule has 1 rings (SSSR count). The Bertz CT molecular complexity index is 434. The lowest BCUT2D eigenvalue weighted by Crippen LogP contribution is -2.14. The number of nitrogen functional groups attached to an aromatic ring is 1. The van der Waals surface area contributed by atoms with E-state index in [1.54, 1.807) is 0 Å². The van der Waals surface area contributed by atoms with E-state index in [0.29, 0.717) is 13.0 Å². The average Bonchev–Trinajstić information content (AvgIpc) is 2.24. The molecular weight excluding hydrogens is 249 g/mol. The first-order valence-electron chi connectivity index (χ1n) is 5.15. The molecule has 5 N–H and O–H groups in total. The minimum absolute atomic E-state index is 0.113. The van der Waals surface area contributed by atoms with E-state index in [4.69, 9.17) is 11.5 Å². The van der Waals surface area contributed by atoms with Crippen molar-refractivity contribution in [1.29, 1.82) is 0 Å². The van der Waals surface area contributed by atoms with Crippen LogP contribution >= 0.6 is 0 Å². The van der Waals surface area contributed by atoms with Gasteiger partial charge in [0.1, 0.15) is 5.69 Å². The Kier molecular flexibility index (Phi) is 4.35. The van der Waals surface area contributed by atoms with Crippen LogP contribution in [0.2, 0.25) is 0 Å². The zero-order valence-electron chi connectivity index (χ0n) is 9.42. The fourth-order valence-electron chi connectivity index (χ4n) is 1.26. The molecule has 8 heteroatoms. The van der Waals surface area contributed by atoms with Gasteiger partial charge in [0.25, 0.3) is 0 Å². The molecule has 1 amide bonds. The maximum absolute atomic E-state index is 12.4. The number of nitrogens with zero attached hydrogens (tertiary/aromatic N) is 1. The predicted molar refractivity (Wildman–Crippen MR) is 60.6 cm³/mol. The number of halogens is 3. The van der Waals surface area contributed by atoms with Gasteiger partial charge in [-0.3, -0.25) is 4.79 Å². The van der Waals surface area contributed by atoms with E-state index in [9.17, 15) is 18.0 Å². The van der Waals surface area contributed by atoms with Crippen molar-refractivity contribution in [2.24, 2.45) is 5.73 Å². The first kappa shape index (κ1) is 14.1. The molecule has 100 valence electrons. The number of carbonyl (C=O) groups is 1.